The molecular weight excluding hydrogens is 318 g/mol. The normalized spacial score (nSPS) is 10.5. The molecule has 6 heteroatoms. The van der Waals surface area contributed by atoms with Gasteiger partial charge >= 0.3 is 5.63 Å². The number of ether oxygens (including phenoxy) is 1. The quantitative estimate of drug-likeness (QED) is 0.744. The van der Waals surface area contributed by atoms with Crippen LogP contribution in [0, 0.1) is 0 Å². The molecule has 5 nitrogen and oxygen atoms in total. The van der Waals surface area contributed by atoms with E-state index in [-0.39, 0.29) is 5.56 Å². The van der Waals surface area contributed by atoms with Crippen LogP contribution in [0.25, 0.3) is 11.0 Å². The largest absolute Gasteiger partial charge is 0.495 e. The first-order valence-electron chi connectivity index (χ1n) is 6.76. The predicted molar refractivity (Wildman–Crippen MR) is 88.4 cm³/mol. The molecule has 0 unspecified atom stereocenters. The molecule has 116 valence electrons. The molecule has 3 aromatic rings. The van der Waals surface area contributed by atoms with Crippen molar-refractivity contribution in [3.8, 4) is 5.75 Å². The highest BCUT2D eigenvalue weighted by atomic mass is 35.5. The van der Waals surface area contributed by atoms with Gasteiger partial charge in [-0.05, 0) is 30.3 Å². The maximum atomic E-state index is 12.3. The van der Waals surface area contributed by atoms with Gasteiger partial charge in [0, 0.05) is 11.1 Å². The average molecular weight is 330 g/mol. The summed E-state index contributed by atoms with van der Waals surface area (Å²) >= 11 is 6.01. The summed E-state index contributed by atoms with van der Waals surface area (Å²) in [5.74, 6) is -0.0689. The molecule has 1 heterocycles. The minimum absolute atomic E-state index is 0.0735. The fourth-order valence-electron chi connectivity index (χ4n) is 2.16. The van der Waals surface area contributed by atoms with E-state index in [1.807, 2.05) is 0 Å². The summed E-state index contributed by atoms with van der Waals surface area (Å²) < 4.78 is 10.2. The van der Waals surface area contributed by atoms with Gasteiger partial charge < -0.3 is 14.5 Å². The van der Waals surface area contributed by atoms with E-state index in [0.29, 0.717) is 27.4 Å². The molecular formula is C17H12ClNO4. The maximum Gasteiger partial charge on any atom is 0.349 e. The van der Waals surface area contributed by atoms with Crippen LogP contribution in [-0.2, 0) is 0 Å². The molecule has 0 aliphatic rings. The monoisotopic (exact) mass is 329 g/mol. The molecule has 1 aromatic heterocycles. The van der Waals surface area contributed by atoms with Gasteiger partial charge in [-0.15, -0.1) is 0 Å². The van der Waals surface area contributed by atoms with Gasteiger partial charge in [-0.3, -0.25) is 4.79 Å². The van der Waals surface area contributed by atoms with E-state index in [1.165, 1.54) is 13.2 Å². The molecule has 0 radical (unpaired) electrons. The van der Waals surface area contributed by atoms with E-state index in [1.54, 1.807) is 42.5 Å². The predicted octanol–water partition coefficient (Wildman–Crippen LogP) is 3.71. The van der Waals surface area contributed by atoms with Gasteiger partial charge in [-0.1, -0.05) is 29.8 Å². The zero-order valence-electron chi connectivity index (χ0n) is 12.1. The Morgan fingerprint density at radius 3 is 2.70 bits per heavy atom. The van der Waals surface area contributed by atoms with Crippen molar-refractivity contribution in [1.29, 1.82) is 0 Å². The molecule has 0 fully saturated rings. The second kappa shape index (κ2) is 6.14. The summed E-state index contributed by atoms with van der Waals surface area (Å²) in [6.07, 6.45) is 0. The van der Waals surface area contributed by atoms with Crippen LogP contribution in [0.4, 0.5) is 5.69 Å². The number of halogens is 1. The molecule has 1 N–H and O–H groups in total. The highest BCUT2D eigenvalue weighted by molar-refractivity contribution is 6.32. The minimum Gasteiger partial charge on any atom is -0.495 e. The first-order chi connectivity index (χ1) is 11.1. The Balaban J connectivity index is 1.93. The van der Waals surface area contributed by atoms with Crippen molar-refractivity contribution in [3.05, 3.63) is 69.5 Å². The van der Waals surface area contributed by atoms with Crippen LogP contribution in [0.3, 0.4) is 0 Å². The van der Waals surface area contributed by atoms with E-state index in [2.05, 4.69) is 5.32 Å². The van der Waals surface area contributed by atoms with Crippen LogP contribution in [0.5, 0.6) is 5.75 Å². The van der Waals surface area contributed by atoms with Crippen molar-refractivity contribution in [3.63, 3.8) is 0 Å². The summed E-state index contributed by atoms with van der Waals surface area (Å²) in [7, 11) is 1.50. The smallest absolute Gasteiger partial charge is 0.349 e. The lowest BCUT2D eigenvalue weighted by Gasteiger charge is -2.08. The minimum atomic E-state index is -0.694. The zero-order valence-corrected chi connectivity index (χ0v) is 12.9. The maximum absolute atomic E-state index is 12.3. The van der Waals surface area contributed by atoms with Gasteiger partial charge in [-0.2, -0.15) is 0 Å². The van der Waals surface area contributed by atoms with E-state index >= 15 is 0 Å². The van der Waals surface area contributed by atoms with Crippen LogP contribution in [-0.4, -0.2) is 13.0 Å². The van der Waals surface area contributed by atoms with E-state index in [4.69, 9.17) is 20.8 Å². The Morgan fingerprint density at radius 1 is 1.17 bits per heavy atom. The zero-order chi connectivity index (χ0) is 16.4. The van der Waals surface area contributed by atoms with Gasteiger partial charge in [0.25, 0.3) is 5.91 Å². The molecule has 1 amide bonds. The Morgan fingerprint density at radius 2 is 1.96 bits per heavy atom. The van der Waals surface area contributed by atoms with Crippen molar-refractivity contribution in [2.75, 3.05) is 12.4 Å². The lowest BCUT2D eigenvalue weighted by Crippen LogP contribution is -2.20. The third-order valence-corrected chi connectivity index (χ3v) is 3.59. The van der Waals surface area contributed by atoms with Crippen LogP contribution in [0.15, 0.2) is 57.7 Å². The highest BCUT2D eigenvalue weighted by Crippen LogP contribution is 2.27. The van der Waals surface area contributed by atoms with Gasteiger partial charge in [-0.25, -0.2) is 4.79 Å². The number of amides is 1. The SMILES string of the molecule is COc1ccc(NC(=O)c2cc3ccccc3oc2=O)cc1Cl. The van der Waals surface area contributed by atoms with Gasteiger partial charge in [0.05, 0.1) is 12.1 Å². The molecule has 0 saturated carbocycles. The fraction of sp³-hybridized carbons (Fsp3) is 0.0588. The topological polar surface area (TPSA) is 68.5 Å². The summed E-state index contributed by atoms with van der Waals surface area (Å²) in [4.78, 5) is 24.3. The van der Waals surface area contributed by atoms with Crippen molar-refractivity contribution in [2.45, 2.75) is 0 Å². The molecule has 0 spiro atoms. The highest BCUT2D eigenvalue weighted by Gasteiger charge is 2.14. The van der Waals surface area contributed by atoms with E-state index < -0.39 is 11.5 Å². The van der Waals surface area contributed by atoms with Crippen molar-refractivity contribution in [2.24, 2.45) is 0 Å². The Labute approximate surface area is 136 Å². The Hall–Kier alpha value is -2.79. The van der Waals surface area contributed by atoms with Crippen molar-refractivity contribution in [1.82, 2.24) is 0 Å². The lowest BCUT2D eigenvalue weighted by atomic mass is 10.1. The molecule has 3 rings (SSSR count). The Kier molecular flexibility index (Phi) is 4.04. The summed E-state index contributed by atoms with van der Waals surface area (Å²) in [6.45, 7) is 0. The lowest BCUT2D eigenvalue weighted by molar-refractivity contribution is 0.102. The first kappa shape index (κ1) is 15.1. The second-order valence-electron chi connectivity index (χ2n) is 4.79. The van der Waals surface area contributed by atoms with Crippen LogP contribution in [0.1, 0.15) is 10.4 Å². The molecule has 23 heavy (non-hydrogen) atoms. The number of rotatable bonds is 3. The van der Waals surface area contributed by atoms with E-state index in [0.717, 1.165) is 0 Å². The number of carbonyl (C=O) groups is 1. The van der Waals surface area contributed by atoms with Crippen LogP contribution >= 0.6 is 11.6 Å². The number of methoxy groups -OCH3 is 1. The molecule has 0 saturated heterocycles. The number of anilines is 1. The number of hydrogen-bond acceptors (Lipinski definition) is 4. The molecule has 0 bridgehead atoms. The molecule has 2 aromatic carbocycles. The van der Waals surface area contributed by atoms with Crippen molar-refractivity contribution < 1.29 is 13.9 Å². The summed E-state index contributed by atoms with van der Waals surface area (Å²) in [6, 6.07) is 13.3. The second-order valence-corrected chi connectivity index (χ2v) is 5.20. The van der Waals surface area contributed by atoms with Crippen LogP contribution < -0.4 is 15.7 Å². The van der Waals surface area contributed by atoms with Crippen LogP contribution in [0.2, 0.25) is 5.02 Å². The number of nitrogens with one attached hydrogen (secondary N) is 1. The number of hydrogen-bond donors (Lipinski definition) is 1. The number of para-hydroxylation sites is 1. The molecule has 0 atom stereocenters. The summed E-state index contributed by atoms with van der Waals surface area (Å²) in [5.41, 5.74) is 0.117. The Bertz CT molecular complexity index is 949. The standard InChI is InChI=1S/C17H12ClNO4/c1-22-15-7-6-11(9-13(15)18)19-16(20)12-8-10-4-2-3-5-14(10)23-17(12)21/h2-9H,1H3,(H,19,20). The van der Waals surface area contributed by atoms with E-state index in [9.17, 15) is 9.59 Å². The summed E-state index contributed by atoms with van der Waals surface area (Å²) in [5, 5.41) is 3.65. The number of fused-ring (bicyclic) bond motifs is 1. The molecule has 0 aliphatic heterocycles. The average Bonchev–Trinajstić information content (AvgIpc) is 2.54. The first-order valence-corrected chi connectivity index (χ1v) is 7.14. The third-order valence-electron chi connectivity index (χ3n) is 3.30. The van der Waals surface area contributed by atoms with Gasteiger partial charge in [0.2, 0.25) is 0 Å². The van der Waals surface area contributed by atoms with Gasteiger partial charge in [0.1, 0.15) is 16.9 Å². The number of benzene rings is 2. The molecule has 0 aliphatic carbocycles. The number of carbonyl (C=O) groups excluding carboxylic acids is 1. The third kappa shape index (κ3) is 3.05. The van der Waals surface area contributed by atoms with Gasteiger partial charge in [0.15, 0.2) is 0 Å². The van der Waals surface area contributed by atoms with Crippen molar-refractivity contribution >= 4 is 34.2 Å². The fourth-order valence-corrected chi connectivity index (χ4v) is 2.42.